The van der Waals surface area contributed by atoms with E-state index in [0.717, 1.165) is 12.8 Å². The Labute approximate surface area is 88.1 Å². The molecule has 1 fully saturated rings. The number of oxazole rings is 1. The van der Waals surface area contributed by atoms with Crippen LogP contribution in [0.15, 0.2) is 4.42 Å². The lowest BCUT2D eigenvalue weighted by molar-refractivity contribution is -0.141. The first-order chi connectivity index (χ1) is 7.38. The van der Waals surface area contributed by atoms with Gasteiger partial charge in [-0.3, -0.25) is 0 Å². The van der Waals surface area contributed by atoms with Gasteiger partial charge in [0.1, 0.15) is 0 Å². The number of carbonyl (C=O) groups is 1. The molecule has 0 bridgehead atoms. The predicted octanol–water partition coefficient (Wildman–Crippen LogP) is 2.34. The second-order valence-electron chi connectivity index (χ2n) is 3.74. The summed E-state index contributed by atoms with van der Waals surface area (Å²) in [7, 11) is 0. The van der Waals surface area contributed by atoms with Crippen LogP contribution in [0.1, 0.15) is 35.0 Å². The average Bonchev–Trinajstić information content (AvgIpc) is 2.79. The third-order valence-corrected chi connectivity index (χ3v) is 2.29. The SMILES string of the molecule is O=C(O)c1oc(CC2CC2)nc1C(F)(F)F. The number of aromatic nitrogens is 1. The second-order valence-corrected chi connectivity index (χ2v) is 3.74. The van der Waals surface area contributed by atoms with Crippen molar-refractivity contribution in [2.24, 2.45) is 5.92 Å². The maximum Gasteiger partial charge on any atom is 0.437 e. The van der Waals surface area contributed by atoms with E-state index in [1.165, 1.54) is 0 Å². The number of rotatable bonds is 3. The smallest absolute Gasteiger partial charge is 0.437 e. The van der Waals surface area contributed by atoms with E-state index in [4.69, 9.17) is 5.11 Å². The van der Waals surface area contributed by atoms with E-state index in [1.54, 1.807) is 0 Å². The van der Waals surface area contributed by atoms with E-state index in [0.29, 0.717) is 0 Å². The molecule has 0 spiro atoms. The van der Waals surface area contributed by atoms with Gasteiger partial charge in [0.2, 0.25) is 5.76 Å². The molecule has 1 N–H and O–H groups in total. The Morgan fingerprint density at radius 3 is 2.50 bits per heavy atom. The van der Waals surface area contributed by atoms with Crippen LogP contribution >= 0.6 is 0 Å². The molecule has 0 aliphatic heterocycles. The summed E-state index contributed by atoms with van der Waals surface area (Å²) in [5.74, 6) is -2.74. The van der Waals surface area contributed by atoms with Crippen LogP contribution in [0.5, 0.6) is 0 Å². The van der Waals surface area contributed by atoms with Gasteiger partial charge in [-0.15, -0.1) is 0 Å². The van der Waals surface area contributed by atoms with Crippen molar-refractivity contribution in [1.82, 2.24) is 4.98 Å². The fraction of sp³-hybridized carbons (Fsp3) is 0.556. The molecule has 4 nitrogen and oxygen atoms in total. The van der Waals surface area contributed by atoms with Crippen molar-refractivity contribution in [3.05, 3.63) is 17.3 Å². The van der Waals surface area contributed by atoms with Crippen molar-refractivity contribution in [2.75, 3.05) is 0 Å². The highest BCUT2D eigenvalue weighted by molar-refractivity contribution is 5.85. The number of halogens is 3. The van der Waals surface area contributed by atoms with Gasteiger partial charge in [0, 0.05) is 6.42 Å². The number of alkyl halides is 3. The molecular weight excluding hydrogens is 227 g/mol. The highest BCUT2D eigenvalue weighted by atomic mass is 19.4. The molecule has 0 saturated heterocycles. The quantitative estimate of drug-likeness (QED) is 0.873. The minimum absolute atomic E-state index is 0.146. The molecule has 0 aromatic carbocycles. The zero-order valence-electron chi connectivity index (χ0n) is 8.04. The lowest BCUT2D eigenvalue weighted by Gasteiger charge is -2.00. The molecule has 1 aromatic rings. The van der Waals surface area contributed by atoms with Crippen LogP contribution in [0.3, 0.4) is 0 Å². The van der Waals surface area contributed by atoms with Gasteiger partial charge in [-0.2, -0.15) is 13.2 Å². The number of hydrogen-bond donors (Lipinski definition) is 1. The van der Waals surface area contributed by atoms with E-state index in [-0.39, 0.29) is 18.2 Å². The standard InChI is InChI=1S/C9H8F3NO3/c10-9(11,12)7-6(8(14)15)16-5(13-7)3-4-1-2-4/h4H,1-3H2,(H,14,15). The Kier molecular flexibility index (Phi) is 2.40. The van der Waals surface area contributed by atoms with Crippen LogP contribution in [0, 0.1) is 5.92 Å². The molecule has 88 valence electrons. The van der Waals surface area contributed by atoms with Gasteiger partial charge in [0.25, 0.3) is 0 Å². The molecule has 0 atom stereocenters. The normalized spacial score (nSPS) is 16.4. The molecule has 2 rings (SSSR count). The predicted molar refractivity (Wildman–Crippen MR) is 44.9 cm³/mol. The van der Waals surface area contributed by atoms with Crippen molar-refractivity contribution in [2.45, 2.75) is 25.4 Å². The topological polar surface area (TPSA) is 63.3 Å². The molecule has 1 aliphatic rings. The Balaban J connectivity index is 2.32. The van der Waals surface area contributed by atoms with Crippen LogP contribution in [0.4, 0.5) is 13.2 Å². The molecule has 1 aromatic heterocycles. The van der Waals surface area contributed by atoms with Crippen LogP contribution in [-0.4, -0.2) is 16.1 Å². The number of nitrogens with zero attached hydrogens (tertiary/aromatic N) is 1. The Morgan fingerprint density at radius 2 is 2.12 bits per heavy atom. The van der Waals surface area contributed by atoms with Gasteiger partial charge >= 0.3 is 12.1 Å². The fourth-order valence-electron chi connectivity index (χ4n) is 1.36. The lowest BCUT2D eigenvalue weighted by Crippen LogP contribution is -2.11. The maximum absolute atomic E-state index is 12.4. The van der Waals surface area contributed by atoms with Gasteiger partial charge in [0.15, 0.2) is 11.6 Å². The molecule has 7 heteroatoms. The van der Waals surface area contributed by atoms with Gasteiger partial charge < -0.3 is 9.52 Å². The highest BCUT2D eigenvalue weighted by Gasteiger charge is 2.41. The summed E-state index contributed by atoms with van der Waals surface area (Å²) in [6.07, 6.45) is -2.67. The highest BCUT2D eigenvalue weighted by Crippen LogP contribution is 2.36. The van der Waals surface area contributed by atoms with Crippen LogP contribution in [-0.2, 0) is 12.6 Å². The van der Waals surface area contributed by atoms with Crippen molar-refractivity contribution in [3.8, 4) is 0 Å². The molecule has 0 amide bonds. The molecule has 1 saturated carbocycles. The molecular formula is C9H8F3NO3. The first-order valence-electron chi connectivity index (χ1n) is 4.68. The summed E-state index contributed by atoms with van der Waals surface area (Å²) in [5, 5.41) is 8.56. The molecule has 1 heterocycles. The Morgan fingerprint density at radius 1 is 1.50 bits per heavy atom. The van der Waals surface area contributed by atoms with Crippen molar-refractivity contribution < 1.29 is 27.5 Å². The zero-order chi connectivity index (χ0) is 11.9. The minimum Gasteiger partial charge on any atom is -0.475 e. The number of carboxylic acids is 1. The summed E-state index contributed by atoms with van der Waals surface area (Å²) in [6, 6.07) is 0. The monoisotopic (exact) mass is 235 g/mol. The van der Waals surface area contributed by atoms with E-state index in [9.17, 15) is 18.0 Å². The summed E-state index contributed by atoms with van der Waals surface area (Å²) in [6.45, 7) is 0. The van der Waals surface area contributed by atoms with Gasteiger partial charge in [0.05, 0.1) is 0 Å². The van der Waals surface area contributed by atoms with E-state index < -0.39 is 23.6 Å². The number of carboxylic acid groups (broad SMARTS) is 1. The minimum atomic E-state index is -4.79. The largest absolute Gasteiger partial charge is 0.475 e. The van der Waals surface area contributed by atoms with Crippen LogP contribution < -0.4 is 0 Å². The maximum atomic E-state index is 12.4. The molecule has 0 radical (unpaired) electrons. The van der Waals surface area contributed by atoms with E-state index in [2.05, 4.69) is 9.40 Å². The summed E-state index contributed by atoms with van der Waals surface area (Å²) in [4.78, 5) is 13.8. The van der Waals surface area contributed by atoms with E-state index in [1.807, 2.05) is 0 Å². The van der Waals surface area contributed by atoms with Gasteiger partial charge in [-0.1, -0.05) is 0 Å². The number of hydrogen-bond acceptors (Lipinski definition) is 3. The summed E-state index contributed by atoms with van der Waals surface area (Å²) >= 11 is 0. The fourth-order valence-corrected chi connectivity index (χ4v) is 1.36. The summed E-state index contributed by atoms with van der Waals surface area (Å²) in [5.41, 5.74) is -1.45. The Bertz CT molecular complexity index is 420. The van der Waals surface area contributed by atoms with Gasteiger partial charge in [-0.05, 0) is 18.8 Å². The second kappa shape index (κ2) is 3.50. The van der Waals surface area contributed by atoms with Gasteiger partial charge in [-0.25, -0.2) is 9.78 Å². The molecule has 16 heavy (non-hydrogen) atoms. The molecule has 0 unspecified atom stereocenters. The van der Waals surface area contributed by atoms with Crippen molar-refractivity contribution in [1.29, 1.82) is 0 Å². The lowest BCUT2D eigenvalue weighted by atomic mass is 10.3. The van der Waals surface area contributed by atoms with Crippen LogP contribution in [0.2, 0.25) is 0 Å². The molecule has 1 aliphatic carbocycles. The van der Waals surface area contributed by atoms with Crippen LogP contribution in [0.25, 0.3) is 0 Å². The number of aromatic carboxylic acids is 1. The zero-order valence-corrected chi connectivity index (χ0v) is 8.04. The average molecular weight is 235 g/mol. The Hall–Kier alpha value is -1.53. The summed E-state index contributed by atoms with van der Waals surface area (Å²) < 4.78 is 41.8. The van der Waals surface area contributed by atoms with E-state index >= 15 is 0 Å². The third-order valence-electron chi connectivity index (χ3n) is 2.29. The first-order valence-corrected chi connectivity index (χ1v) is 4.68. The first kappa shape index (κ1) is 11.0. The third kappa shape index (κ3) is 2.17. The van der Waals surface area contributed by atoms with Crippen molar-refractivity contribution >= 4 is 5.97 Å². The van der Waals surface area contributed by atoms with Crippen molar-refractivity contribution in [3.63, 3.8) is 0 Å².